The average Bonchev–Trinajstić information content (AvgIpc) is 2.84. The number of ether oxygens (including phenoxy) is 2. The summed E-state index contributed by atoms with van der Waals surface area (Å²) in [7, 11) is 2.43. The monoisotopic (exact) mass is 302 g/mol. The minimum atomic E-state index is -0.838. The highest BCUT2D eigenvalue weighted by atomic mass is 16.5. The van der Waals surface area contributed by atoms with E-state index in [0.717, 1.165) is 0 Å². The molecule has 120 valence electrons. The van der Waals surface area contributed by atoms with Crippen molar-refractivity contribution in [2.45, 2.75) is 38.5 Å². The maximum Gasteiger partial charge on any atom is 0.407 e. The number of hydrogen-bond donors (Lipinski definition) is 2. The van der Waals surface area contributed by atoms with Crippen molar-refractivity contribution in [3.8, 4) is 0 Å². The standard InChI is InChI=1S/C13H22N2O6/c1-7(2)10(14-13(19)21-4)11(17)15-6-8(16)5-9(15)12(18)20-3/h7-10,16H,5-6H2,1-4H3,(H,14,19)/t8-,9+,10+/m1/s1. The number of nitrogens with one attached hydrogen (secondary N) is 1. The van der Waals surface area contributed by atoms with Crippen LogP contribution in [0.5, 0.6) is 0 Å². The molecule has 0 aromatic rings. The van der Waals surface area contributed by atoms with Gasteiger partial charge in [-0.2, -0.15) is 0 Å². The number of methoxy groups -OCH3 is 2. The minimum absolute atomic E-state index is 0.0324. The first kappa shape index (κ1) is 17.2. The van der Waals surface area contributed by atoms with Crippen LogP contribution in [0.15, 0.2) is 0 Å². The second-order valence-corrected chi connectivity index (χ2v) is 5.28. The summed E-state index contributed by atoms with van der Waals surface area (Å²) in [6, 6.07) is -1.67. The van der Waals surface area contributed by atoms with Crippen molar-refractivity contribution in [3.63, 3.8) is 0 Å². The fraction of sp³-hybridized carbons (Fsp3) is 0.769. The Bertz CT molecular complexity index is 411. The van der Waals surface area contributed by atoms with Gasteiger partial charge in [-0.1, -0.05) is 13.8 Å². The number of β-amino-alcohol motifs (C(OH)–C–C–N with tert-alkyl or cyclic N) is 1. The molecule has 3 atom stereocenters. The summed E-state index contributed by atoms with van der Waals surface area (Å²) in [5.74, 6) is -1.23. The van der Waals surface area contributed by atoms with Gasteiger partial charge in [0, 0.05) is 13.0 Å². The zero-order valence-corrected chi connectivity index (χ0v) is 12.7. The topological polar surface area (TPSA) is 105 Å². The van der Waals surface area contributed by atoms with E-state index in [9.17, 15) is 19.5 Å². The van der Waals surface area contributed by atoms with Gasteiger partial charge in [-0.3, -0.25) is 4.79 Å². The summed E-state index contributed by atoms with van der Waals surface area (Å²) >= 11 is 0. The third kappa shape index (κ3) is 4.07. The van der Waals surface area contributed by atoms with E-state index in [1.807, 2.05) is 0 Å². The van der Waals surface area contributed by atoms with Crippen molar-refractivity contribution in [1.82, 2.24) is 10.2 Å². The first-order valence-electron chi connectivity index (χ1n) is 6.72. The molecule has 0 radical (unpaired) electrons. The number of aliphatic hydroxyl groups excluding tert-OH is 1. The second kappa shape index (κ2) is 7.26. The molecular weight excluding hydrogens is 280 g/mol. The minimum Gasteiger partial charge on any atom is -0.467 e. The van der Waals surface area contributed by atoms with Crippen molar-refractivity contribution in [3.05, 3.63) is 0 Å². The van der Waals surface area contributed by atoms with Crippen LogP contribution in [0.2, 0.25) is 0 Å². The van der Waals surface area contributed by atoms with Gasteiger partial charge in [0.15, 0.2) is 0 Å². The number of aliphatic hydroxyl groups is 1. The number of hydrogen-bond acceptors (Lipinski definition) is 6. The number of nitrogens with zero attached hydrogens (tertiary/aromatic N) is 1. The maximum absolute atomic E-state index is 12.6. The lowest BCUT2D eigenvalue weighted by molar-refractivity contribution is -0.151. The summed E-state index contributed by atoms with van der Waals surface area (Å²) in [6.45, 7) is 3.56. The quantitative estimate of drug-likeness (QED) is 0.678. The molecule has 1 saturated heterocycles. The van der Waals surface area contributed by atoms with E-state index in [0.29, 0.717) is 0 Å². The van der Waals surface area contributed by atoms with Crippen LogP contribution in [0.4, 0.5) is 4.79 Å². The lowest BCUT2D eigenvalue weighted by Crippen LogP contribution is -2.54. The Morgan fingerprint density at radius 3 is 2.33 bits per heavy atom. The average molecular weight is 302 g/mol. The molecule has 0 bridgehead atoms. The third-order valence-corrected chi connectivity index (χ3v) is 3.43. The molecule has 2 amide bonds. The van der Waals surface area contributed by atoms with Crippen LogP contribution in [0.25, 0.3) is 0 Å². The molecule has 1 aliphatic heterocycles. The van der Waals surface area contributed by atoms with E-state index < -0.39 is 36.2 Å². The van der Waals surface area contributed by atoms with Crippen molar-refractivity contribution in [2.75, 3.05) is 20.8 Å². The molecule has 2 N–H and O–H groups in total. The molecule has 0 spiro atoms. The Labute approximate surface area is 123 Å². The van der Waals surface area contributed by atoms with Crippen molar-refractivity contribution in [1.29, 1.82) is 0 Å². The summed E-state index contributed by atoms with van der Waals surface area (Å²) in [4.78, 5) is 36.8. The number of carbonyl (C=O) groups excluding carboxylic acids is 3. The number of alkyl carbamates (subject to hydrolysis) is 1. The third-order valence-electron chi connectivity index (χ3n) is 3.43. The van der Waals surface area contributed by atoms with Gasteiger partial charge in [-0.15, -0.1) is 0 Å². The van der Waals surface area contributed by atoms with E-state index in [4.69, 9.17) is 0 Å². The number of amides is 2. The number of esters is 1. The normalized spacial score (nSPS) is 22.9. The molecule has 0 unspecified atom stereocenters. The maximum atomic E-state index is 12.6. The highest BCUT2D eigenvalue weighted by molar-refractivity contribution is 5.90. The Balaban J connectivity index is 2.90. The second-order valence-electron chi connectivity index (χ2n) is 5.28. The fourth-order valence-corrected chi connectivity index (χ4v) is 2.29. The number of carbonyl (C=O) groups is 3. The van der Waals surface area contributed by atoms with E-state index in [1.165, 1.54) is 19.1 Å². The van der Waals surface area contributed by atoms with Gasteiger partial charge in [-0.05, 0) is 5.92 Å². The van der Waals surface area contributed by atoms with Crippen molar-refractivity contribution in [2.24, 2.45) is 5.92 Å². The molecule has 0 saturated carbocycles. The summed E-state index contributed by atoms with van der Waals surface area (Å²) in [6.07, 6.45) is -1.39. The van der Waals surface area contributed by atoms with Gasteiger partial charge in [0.2, 0.25) is 5.91 Å². The smallest absolute Gasteiger partial charge is 0.407 e. The fourth-order valence-electron chi connectivity index (χ4n) is 2.29. The first-order valence-corrected chi connectivity index (χ1v) is 6.72. The summed E-state index contributed by atoms with van der Waals surface area (Å²) < 4.78 is 9.15. The zero-order valence-electron chi connectivity index (χ0n) is 12.7. The number of likely N-dealkylation sites (tertiary alicyclic amines) is 1. The molecule has 1 heterocycles. The van der Waals surface area contributed by atoms with Crippen LogP contribution < -0.4 is 5.32 Å². The molecule has 1 aliphatic rings. The molecule has 1 fully saturated rings. The van der Waals surface area contributed by atoms with Crippen molar-refractivity contribution < 1.29 is 29.0 Å². The predicted octanol–water partition coefficient (Wildman–Crippen LogP) is -0.498. The largest absolute Gasteiger partial charge is 0.467 e. The molecule has 8 nitrogen and oxygen atoms in total. The Morgan fingerprint density at radius 1 is 1.24 bits per heavy atom. The van der Waals surface area contributed by atoms with Crippen LogP contribution >= 0.6 is 0 Å². The van der Waals surface area contributed by atoms with Crippen LogP contribution in [0.1, 0.15) is 20.3 Å². The molecule has 21 heavy (non-hydrogen) atoms. The van der Waals surface area contributed by atoms with Gasteiger partial charge in [0.1, 0.15) is 12.1 Å². The van der Waals surface area contributed by atoms with Gasteiger partial charge in [0.05, 0.1) is 20.3 Å². The van der Waals surface area contributed by atoms with Crippen LogP contribution in [-0.4, -0.2) is 66.9 Å². The van der Waals surface area contributed by atoms with E-state index in [1.54, 1.807) is 13.8 Å². The van der Waals surface area contributed by atoms with Crippen molar-refractivity contribution >= 4 is 18.0 Å². The SMILES string of the molecule is COC(=O)N[C@H](C(=O)N1C[C@H](O)C[C@H]1C(=O)OC)C(C)C. The summed E-state index contributed by atoms with van der Waals surface area (Å²) in [5, 5.41) is 12.1. The summed E-state index contributed by atoms with van der Waals surface area (Å²) in [5.41, 5.74) is 0. The van der Waals surface area contributed by atoms with Gasteiger partial charge in [-0.25, -0.2) is 9.59 Å². The lowest BCUT2D eigenvalue weighted by Gasteiger charge is -2.29. The number of rotatable bonds is 4. The van der Waals surface area contributed by atoms with E-state index >= 15 is 0 Å². The van der Waals surface area contributed by atoms with Gasteiger partial charge in [0.25, 0.3) is 0 Å². The predicted molar refractivity (Wildman–Crippen MR) is 72.3 cm³/mol. The Kier molecular flexibility index (Phi) is 5.95. The molecule has 0 aromatic heterocycles. The Morgan fingerprint density at radius 2 is 1.86 bits per heavy atom. The first-order chi connectivity index (χ1) is 9.81. The zero-order chi connectivity index (χ0) is 16.2. The van der Waals surface area contributed by atoms with Crippen LogP contribution in [-0.2, 0) is 19.1 Å². The lowest BCUT2D eigenvalue weighted by atomic mass is 10.0. The Hall–Kier alpha value is -1.83. The molecule has 0 aliphatic carbocycles. The highest BCUT2D eigenvalue weighted by Crippen LogP contribution is 2.21. The van der Waals surface area contributed by atoms with E-state index in [-0.39, 0.29) is 18.9 Å². The molecule has 1 rings (SSSR count). The highest BCUT2D eigenvalue weighted by Gasteiger charge is 2.42. The van der Waals surface area contributed by atoms with Crippen LogP contribution in [0.3, 0.4) is 0 Å². The molecule has 0 aromatic carbocycles. The van der Waals surface area contributed by atoms with Crippen LogP contribution in [0, 0.1) is 5.92 Å². The van der Waals surface area contributed by atoms with E-state index in [2.05, 4.69) is 14.8 Å². The molecule has 8 heteroatoms. The van der Waals surface area contributed by atoms with Gasteiger partial charge < -0.3 is 24.8 Å². The molecular formula is C13H22N2O6. The van der Waals surface area contributed by atoms with Gasteiger partial charge >= 0.3 is 12.1 Å².